The zero-order valence-corrected chi connectivity index (χ0v) is 16.9. The van der Waals surface area contributed by atoms with E-state index in [2.05, 4.69) is 0 Å². The van der Waals surface area contributed by atoms with E-state index in [4.69, 9.17) is 14.2 Å². The fourth-order valence-electron chi connectivity index (χ4n) is 2.97. The highest BCUT2D eigenvalue weighted by Crippen LogP contribution is 2.13. The van der Waals surface area contributed by atoms with E-state index in [-0.39, 0.29) is 5.97 Å². The maximum absolute atomic E-state index is 11.2. The summed E-state index contributed by atoms with van der Waals surface area (Å²) in [5.74, 6) is -0.0399. The third-order valence-electron chi connectivity index (χ3n) is 4.43. The van der Waals surface area contributed by atoms with Crippen molar-refractivity contribution >= 4 is 5.97 Å². The van der Waals surface area contributed by atoms with E-state index in [1.54, 1.807) is 7.11 Å². The summed E-state index contributed by atoms with van der Waals surface area (Å²) < 4.78 is 15.0. The van der Waals surface area contributed by atoms with Gasteiger partial charge in [0.25, 0.3) is 0 Å². The van der Waals surface area contributed by atoms with Crippen LogP contribution in [-0.4, -0.2) is 33.1 Å². The highest BCUT2D eigenvalue weighted by molar-refractivity contribution is 5.69. The Morgan fingerprint density at radius 2 is 1.12 bits per heavy atom. The highest BCUT2D eigenvalue weighted by atomic mass is 16.7. The number of carbonyl (C=O) groups excluding carboxylic acids is 1. The molecule has 4 heteroatoms. The maximum Gasteiger partial charge on any atom is 0.305 e. The lowest BCUT2D eigenvalue weighted by atomic mass is 10.0. The summed E-state index contributed by atoms with van der Waals surface area (Å²) in [6, 6.07) is 0. The molecule has 0 aliphatic heterocycles. The minimum atomic E-state index is -0.0399. The van der Waals surface area contributed by atoms with E-state index in [0.29, 0.717) is 19.8 Å². The predicted octanol–water partition coefficient (Wildman–Crippen LogP) is 6.02. The summed E-state index contributed by atoms with van der Waals surface area (Å²) in [6.07, 6.45) is 18.7. The molecule has 150 valence electrons. The summed E-state index contributed by atoms with van der Waals surface area (Å²) in [5.41, 5.74) is 0. The average molecular weight is 359 g/mol. The Morgan fingerprint density at radius 3 is 1.56 bits per heavy atom. The standard InChI is InChI=1S/C21H42O4/c1-3-25-21(22)18-16-14-12-10-8-6-4-5-7-9-11-13-15-17-19-24-20-23-2/h3-20H2,1-2H3. The normalized spacial score (nSPS) is 11.0. The van der Waals surface area contributed by atoms with Crippen molar-refractivity contribution in [2.45, 2.75) is 103 Å². The van der Waals surface area contributed by atoms with E-state index in [9.17, 15) is 4.79 Å². The molecule has 0 rings (SSSR count). The van der Waals surface area contributed by atoms with E-state index in [1.807, 2.05) is 6.92 Å². The summed E-state index contributed by atoms with van der Waals surface area (Å²) in [6.45, 7) is 3.62. The smallest absolute Gasteiger partial charge is 0.305 e. The molecule has 0 aliphatic rings. The zero-order valence-electron chi connectivity index (χ0n) is 16.9. The molecule has 0 aromatic heterocycles. The van der Waals surface area contributed by atoms with Crippen molar-refractivity contribution in [3.05, 3.63) is 0 Å². The Bertz CT molecular complexity index is 269. The van der Waals surface area contributed by atoms with Gasteiger partial charge < -0.3 is 14.2 Å². The van der Waals surface area contributed by atoms with Crippen LogP contribution in [0.5, 0.6) is 0 Å². The molecule has 0 saturated carbocycles. The first-order chi connectivity index (χ1) is 12.3. The molecule has 0 aliphatic carbocycles. The number of hydrogen-bond acceptors (Lipinski definition) is 4. The van der Waals surface area contributed by atoms with Gasteiger partial charge in [0.15, 0.2) is 0 Å². The molecule has 0 heterocycles. The van der Waals surface area contributed by atoms with E-state index in [1.165, 1.54) is 70.6 Å². The number of ether oxygens (including phenoxy) is 3. The third kappa shape index (κ3) is 21.3. The van der Waals surface area contributed by atoms with Crippen LogP contribution in [-0.2, 0) is 19.0 Å². The van der Waals surface area contributed by atoms with Gasteiger partial charge in [0.2, 0.25) is 0 Å². The minimum Gasteiger partial charge on any atom is -0.466 e. The van der Waals surface area contributed by atoms with Gasteiger partial charge in [-0.1, -0.05) is 77.0 Å². The van der Waals surface area contributed by atoms with Crippen LogP contribution in [0.15, 0.2) is 0 Å². The van der Waals surface area contributed by atoms with Crippen LogP contribution < -0.4 is 0 Å². The summed E-state index contributed by atoms with van der Waals surface area (Å²) in [5, 5.41) is 0. The molecular formula is C21H42O4. The van der Waals surface area contributed by atoms with Gasteiger partial charge in [0.05, 0.1) is 6.61 Å². The predicted molar refractivity (Wildman–Crippen MR) is 104 cm³/mol. The first-order valence-corrected chi connectivity index (χ1v) is 10.5. The van der Waals surface area contributed by atoms with Crippen LogP contribution in [0.25, 0.3) is 0 Å². The van der Waals surface area contributed by atoms with Crippen molar-refractivity contribution in [1.82, 2.24) is 0 Å². The molecule has 0 aromatic rings. The maximum atomic E-state index is 11.2. The summed E-state index contributed by atoms with van der Waals surface area (Å²) >= 11 is 0. The summed E-state index contributed by atoms with van der Waals surface area (Å²) in [7, 11) is 1.66. The van der Waals surface area contributed by atoms with Gasteiger partial charge in [-0.15, -0.1) is 0 Å². The Labute approximate surface area is 156 Å². The van der Waals surface area contributed by atoms with Crippen LogP contribution in [0.3, 0.4) is 0 Å². The Kier molecular flexibility index (Phi) is 20.9. The SMILES string of the molecule is CCOC(=O)CCCCCCCCCCCCCCCCOCOC. The molecule has 0 amide bonds. The number of rotatable bonds is 20. The fourth-order valence-corrected chi connectivity index (χ4v) is 2.97. The fraction of sp³-hybridized carbons (Fsp3) is 0.952. The quantitative estimate of drug-likeness (QED) is 0.152. The number of unbranched alkanes of at least 4 members (excludes halogenated alkanes) is 13. The lowest BCUT2D eigenvalue weighted by Crippen LogP contribution is -2.03. The Hall–Kier alpha value is -0.610. The zero-order chi connectivity index (χ0) is 18.4. The van der Waals surface area contributed by atoms with Gasteiger partial charge in [-0.3, -0.25) is 4.79 Å². The molecule has 0 atom stereocenters. The monoisotopic (exact) mass is 358 g/mol. The number of hydrogen-bond donors (Lipinski definition) is 0. The van der Waals surface area contributed by atoms with Gasteiger partial charge in [0, 0.05) is 20.1 Å². The van der Waals surface area contributed by atoms with Crippen molar-refractivity contribution < 1.29 is 19.0 Å². The number of esters is 1. The molecule has 0 radical (unpaired) electrons. The lowest BCUT2D eigenvalue weighted by molar-refractivity contribution is -0.143. The van der Waals surface area contributed by atoms with Crippen molar-refractivity contribution in [3.8, 4) is 0 Å². The van der Waals surface area contributed by atoms with E-state index in [0.717, 1.165) is 25.9 Å². The molecular weight excluding hydrogens is 316 g/mol. The molecule has 0 saturated heterocycles. The van der Waals surface area contributed by atoms with Crippen molar-refractivity contribution in [2.24, 2.45) is 0 Å². The topological polar surface area (TPSA) is 44.8 Å². The van der Waals surface area contributed by atoms with Crippen molar-refractivity contribution in [1.29, 1.82) is 0 Å². The molecule has 0 aromatic carbocycles. The van der Waals surface area contributed by atoms with E-state index >= 15 is 0 Å². The van der Waals surface area contributed by atoms with Gasteiger partial charge in [-0.25, -0.2) is 0 Å². The second-order valence-corrected chi connectivity index (χ2v) is 6.82. The number of methoxy groups -OCH3 is 1. The Morgan fingerprint density at radius 1 is 0.680 bits per heavy atom. The van der Waals surface area contributed by atoms with Crippen LogP contribution in [0.2, 0.25) is 0 Å². The lowest BCUT2D eigenvalue weighted by Gasteiger charge is -2.04. The molecule has 25 heavy (non-hydrogen) atoms. The first kappa shape index (κ1) is 24.4. The summed E-state index contributed by atoms with van der Waals surface area (Å²) in [4.78, 5) is 11.2. The molecule has 0 unspecified atom stereocenters. The second kappa shape index (κ2) is 21.4. The van der Waals surface area contributed by atoms with Crippen LogP contribution in [0.4, 0.5) is 0 Å². The van der Waals surface area contributed by atoms with Crippen molar-refractivity contribution in [3.63, 3.8) is 0 Å². The molecule has 0 N–H and O–H groups in total. The molecule has 0 bridgehead atoms. The second-order valence-electron chi connectivity index (χ2n) is 6.82. The van der Waals surface area contributed by atoms with Crippen molar-refractivity contribution in [2.75, 3.05) is 27.1 Å². The van der Waals surface area contributed by atoms with Gasteiger partial charge in [0.1, 0.15) is 6.79 Å². The molecule has 4 nitrogen and oxygen atoms in total. The number of carbonyl (C=O) groups is 1. The van der Waals surface area contributed by atoms with Gasteiger partial charge in [-0.05, 0) is 19.8 Å². The highest BCUT2D eigenvalue weighted by Gasteiger charge is 2.00. The first-order valence-electron chi connectivity index (χ1n) is 10.5. The van der Waals surface area contributed by atoms with Gasteiger partial charge in [-0.2, -0.15) is 0 Å². The average Bonchev–Trinajstić information content (AvgIpc) is 2.61. The van der Waals surface area contributed by atoms with Crippen LogP contribution >= 0.6 is 0 Å². The van der Waals surface area contributed by atoms with Crippen LogP contribution in [0.1, 0.15) is 103 Å². The molecule has 0 spiro atoms. The Balaban J connectivity index is 3.02. The van der Waals surface area contributed by atoms with Crippen LogP contribution in [0, 0.1) is 0 Å². The van der Waals surface area contributed by atoms with Gasteiger partial charge >= 0.3 is 5.97 Å². The largest absolute Gasteiger partial charge is 0.466 e. The van der Waals surface area contributed by atoms with E-state index < -0.39 is 0 Å². The minimum absolute atomic E-state index is 0.0399. The third-order valence-corrected chi connectivity index (χ3v) is 4.43. The molecule has 0 fully saturated rings.